The largest absolute Gasteiger partial charge is 0.198 e. The third-order valence-electron chi connectivity index (χ3n) is 4.85. The van der Waals surface area contributed by atoms with Gasteiger partial charge in [0.1, 0.15) is 3.53 Å². The summed E-state index contributed by atoms with van der Waals surface area (Å²) in [5, 5.41) is 9.94. The number of benzene rings is 1. The molecule has 0 aliphatic carbocycles. The van der Waals surface area contributed by atoms with Crippen LogP contribution in [0, 0.1) is 23.7 Å². The second kappa shape index (κ2) is 15.1. The number of nitriles is 1. The van der Waals surface area contributed by atoms with Crippen molar-refractivity contribution in [3.05, 3.63) is 57.8 Å². The zero-order valence-electron chi connectivity index (χ0n) is 19.8. The number of unbranched alkanes of at least 4 members (excludes halogenated alkanes) is 1. The molecule has 0 N–H and O–H groups in total. The molecule has 0 saturated carbocycles. The van der Waals surface area contributed by atoms with E-state index in [0.717, 1.165) is 22.1 Å². The SMILES string of the molecule is CC.CCCCSC(=S)SC(CC(CC(C)(C)C#N)c1ccc(C)s1)c1ccccc1. The number of thiophene rings is 1. The minimum Gasteiger partial charge on any atom is -0.198 e. The number of aryl methyl sites for hydroxylation is 1. The molecule has 0 aliphatic heterocycles. The lowest BCUT2D eigenvalue weighted by atomic mass is 9.81. The Morgan fingerprint density at radius 3 is 2.39 bits per heavy atom. The Balaban J connectivity index is 0.00000233. The summed E-state index contributed by atoms with van der Waals surface area (Å²) in [5.41, 5.74) is 0.981. The van der Waals surface area contributed by atoms with E-state index in [9.17, 15) is 5.26 Å². The first-order valence-corrected chi connectivity index (χ1v) is 14.3. The molecule has 2 atom stereocenters. The molecule has 2 rings (SSSR count). The van der Waals surface area contributed by atoms with Crippen molar-refractivity contribution in [3.8, 4) is 6.07 Å². The topological polar surface area (TPSA) is 23.8 Å². The summed E-state index contributed by atoms with van der Waals surface area (Å²) in [4.78, 5) is 2.71. The lowest BCUT2D eigenvalue weighted by molar-refractivity contribution is 0.389. The van der Waals surface area contributed by atoms with Gasteiger partial charge in [-0.2, -0.15) is 5.26 Å². The van der Waals surface area contributed by atoms with E-state index in [2.05, 4.69) is 76.2 Å². The van der Waals surface area contributed by atoms with E-state index >= 15 is 0 Å². The zero-order chi connectivity index (χ0) is 23.3. The Hall–Kier alpha value is -0.800. The Kier molecular flexibility index (Phi) is 13.8. The first-order valence-electron chi connectivity index (χ1n) is 11.2. The fourth-order valence-corrected chi connectivity index (χ4v) is 7.18. The first kappa shape index (κ1) is 28.2. The highest BCUT2D eigenvalue weighted by Crippen LogP contribution is 2.45. The van der Waals surface area contributed by atoms with Crippen LogP contribution in [0.3, 0.4) is 0 Å². The summed E-state index contributed by atoms with van der Waals surface area (Å²) in [5.74, 6) is 1.45. The van der Waals surface area contributed by atoms with Crippen LogP contribution in [0.2, 0.25) is 0 Å². The second-order valence-electron chi connectivity index (χ2n) is 8.05. The molecule has 2 unspecified atom stereocenters. The quantitative estimate of drug-likeness (QED) is 0.244. The van der Waals surface area contributed by atoms with Crippen LogP contribution in [-0.4, -0.2) is 9.28 Å². The third-order valence-corrected chi connectivity index (χ3v) is 8.97. The van der Waals surface area contributed by atoms with Gasteiger partial charge < -0.3 is 0 Å². The van der Waals surface area contributed by atoms with Crippen molar-refractivity contribution in [1.29, 1.82) is 5.26 Å². The smallest absolute Gasteiger partial charge is 0.104 e. The van der Waals surface area contributed by atoms with Crippen molar-refractivity contribution in [2.45, 2.75) is 78.4 Å². The molecule has 0 spiro atoms. The lowest BCUT2D eigenvalue weighted by Crippen LogP contribution is -2.15. The summed E-state index contributed by atoms with van der Waals surface area (Å²) in [6.45, 7) is 12.5. The molecule has 2 aromatic rings. The van der Waals surface area contributed by atoms with Crippen LogP contribution in [0.25, 0.3) is 0 Å². The summed E-state index contributed by atoms with van der Waals surface area (Å²) < 4.78 is 1.04. The van der Waals surface area contributed by atoms with E-state index < -0.39 is 0 Å². The first-order chi connectivity index (χ1) is 14.8. The fraction of sp³-hybridized carbons (Fsp3) is 0.538. The molecule has 5 heteroatoms. The van der Waals surface area contributed by atoms with Gasteiger partial charge in [0.2, 0.25) is 0 Å². The van der Waals surface area contributed by atoms with Crippen LogP contribution in [0.4, 0.5) is 0 Å². The van der Waals surface area contributed by atoms with Gasteiger partial charge in [-0.15, -0.1) is 23.1 Å². The highest BCUT2D eigenvalue weighted by molar-refractivity contribution is 8.47. The number of thiocarbonyl (C=S) groups is 1. The highest BCUT2D eigenvalue weighted by atomic mass is 32.2. The van der Waals surface area contributed by atoms with Gasteiger partial charge in [0.05, 0.1) is 11.5 Å². The maximum absolute atomic E-state index is 9.64. The minimum absolute atomic E-state index is 0.305. The highest BCUT2D eigenvalue weighted by Gasteiger charge is 2.29. The van der Waals surface area contributed by atoms with Crippen LogP contribution in [0.15, 0.2) is 42.5 Å². The predicted molar refractivity (Wildman–Crippen MR) is 149 cm³/mol. The maximum Gasteiger partial charge on any atom is 0.104 e. The molecule has 0 fully saturated rings. The van der Waals surface area contributed by atoms with Crippen molar-refractivity contribution >= 4 is 50.6 Å². The molecule has 1 heterocycles. The second-order valence-corrected chi connectivity index (χ2v) is 12.9. The van der Waals surface area contributed by atoms with Gasteiger partial charge in [0.15, 0.2) is 0 Å². The number of thioether (sulfide) groups is 2. The summed E-state index contributed by atoms with van der Waals surface area (Å²) >= 11 is 11.2. The van der Waals surface area contributed by atoms with Gasteiger partial charge in [0, 0.05) is 15.0 Å². The summed E-state index contributed by atoms with van der Waals surface area (Å²) in [7, 11) is 0. The van der Waals surface area contributed by atoms with E-state index in [4.69, 9.17) is 12.2 Å². The van der Waals surface area contributed by atoms with E-state index in [1.54, 1.807) is 0 Å². The molecule has 170 valence electrons. The third kappa shape index (κ3) is 10.6. The lowest BCUT2D eigenvalue weighted by Gasteiger charge is -2.27. The van der Waals surface area contributed by atoms with Crippen molar-refractivity contribution in [3.63, 3.8) is 0 Å². The molecule has 1 aromatic carbocycles. The molecule has 0 aliphatic rings. The average Bonchev–Trinajstić information content (AvgIpc) is 3.21. The molecule has 31 heavy (non-hydrogen) atoms. The number of rotatable bonds is 10. The monoisotopic (exact) mass is 491 g/mol. The molecular weight excluding hydrogens is 455 g/mol. The van der Waals surface area contributed by atoms with Gasteiger partial charge >= 0.3 is 0 Å². The van der Waals surface area contributed by atoms with Gasteiger partial charge in [-0.3, -0.25) is 0 Å². The zero-order valence-corrected chi connectivity index (χ0v) is 23.1. The van der Waals surface area contributed by atoms with Crippen molar-refractivity contribution in [2.75, 3.05) is 5.75 Å². The van der Waals surface area contributed by atoms with Crippen LogP contribution in [0.5, 0.6) is 0 Å². The van der Waals surface area contributed by atoms with Crippen LogP contribution in [0.1, 0.15) is 86.8 Å². The summed E-state index contributed by atoms with van der Waals surface area (Å²) in [6, 6.07) is 17.7. The van der Waals surface area contributed by atoms with E-state index in [0.29, 0.717) is 11.2 Å². The van der Waals surface area contributed by atoms with Crippen molar-refractivity contribution in [1.82, 2.24) is 0 Å². The van der Waals surface area contributed by atoms with Crippen LogP contribution in [-0.2, 0) is 0 Å². The Morgan fingerprint density at radius 1 is 1.16 bits per heavy atom. The molecular formula is C26H37NS4. The number of hydrogen-bond donors (Lipinski definition) is 0. The van der Waals surface area contributed by atoms with Crippen LogP contribution >= 0.6 is 47.1 Å². The summed E-state index contributed by atoms with van der Waals surface area (Å²) in [6.07, 6.45) is 4.26. The van der Waals surface area contributed by atoms with Crippen molar-refractivity contribution < 1.29 is 0 Å². The number of hydrogen-bond acceptors (Lipinski definition) is 5. The molecule has 1 aromatic heterocycles. The standard InChI is InChI=1S/C24H31NS4.C2H6/c1-5-6-14-27-23(26)29-22(19-10-8-7-9-11-19)15-20(16-24(3,4)17-25)21-13-12-18(2)28-21;1-2/h7-13,20,22H,5-6,14-16H2,1-4H3;1-2H3. The van der Waals surface area contributed by atoms with Gasteiger partial charge in [-0.05, 0) is 69.4 Å². The molecule has 0 saturated heterocycles. The fourth-order valence-electron chi connectivity index (χ4n) is 3.26. The Labute approximate surface area is 208 Å². The maximum atomic E-state index is 9.64. The van der Waals surface area contributed by atoms with Crippen molar-refractivity contribution in [2.24, 2.45) is 5.41 Å². The van der Waals surface area contributed by atoms with E-state index in [-0.39, 0.29) is 5.41 Å². The van der Waals surface area contributed by atoms with Gasteiger partial charge in [-0.1, -0.05) is 81.5 Å². The van der Waals surface area contributed by atoms with Gasteiger partial charge in [0.25, 0.3) is 0 Å². The average molecular weight is 492 g/mol. The normalized spacial score (nSPS) is 12.9. The molecule has 0 bridgehead atoms. The van der Waals surface area contributed by atoms with Crippen LogP contribution < -0.4 is 0 Å². The Bertz CT molecular complexity index is 804. The molecule has 1 nitrogen and oxygen atoms in total. The van der Waals surface area contributed by atoms with E-state index in [1.807, 2.05) is 48.7 Å². The minimum atomic E-state index is -0.342. The molecule has 0 radical (unpaired) electrons. The Morgan fingerprint density at radius 2 is 1.84 bits per heavy atom. The van der Waals surface area contributed by atoms with E-state index in [1.165, 1.54) is 28.2 Å². The van der Waals surface area contributed by atoms with Gasteiger partial charge in [-0.25, -0.2) is 0 Å². The number of nitrogens with zero attached hydrogens (tertiary/aromatic N) is 1. The predicted octanol–water partition coefficient (Wildman–Crippen LogP) is 9.79. The molecule has 0 amide bonds.